The number of nitrogens with zero attached hydrogens (tertiary/aromatic N) is 4. The Morgan fingerprint density at radius 3 is 2.75 bits per heavy atom. The summed E-state index contributed by atoms with van der Waals surface area (Å²) in [7, 11) is 0. The SMILES string of the molecule is O=C(CCc1nn2c(C3CC3)nnc2s1)Nc1c(F)cccc1F. The second kappa shape index (κ2) is 5.90. The van der Waals surface area contributed by atoms with Crippen LogP contribution in [-0.2, 0) is 11.2 Å². The first kappa shape index (κ1) is 15.1. The summed E-state index contributed by atoms with van der Waals surface area (Å²) in [5.74, 6) is -0.757. The predicted molar refractivity (Wildman–Crippen MR) is 83.9 cm³/mol. The highest BCUT2D eigenvalue weighted by Gasteiger charge is 2.30. The third kappa shape index (κ3) is 2.86. The maximum Gasteiger partial charge on any atom is 0.234 e. The maximum absolute atomic E-state index is 13.5. The molecular weight excluding hydrogens is 336 g/mol. The number of rotatable bonds is 5. The summed E-state index contributed by atoms with van der Waals surface area (Å²) in [4.78, 5) is 12.6. The quantitative estimate of drug-likeness (QED) is 0.769. The Morgan fingerprint density at radius 2 is 2.04 bits per heavy atom. The van der Waals surface area contributed by atoms with Crippen molar-refractivity contribution in [3.63, 3.8) is 0 Å². The van der Waals surface area contributed by atoms with E-state index in [1.807, 2.05) is 0 Å². The number of amides is 1. The molecule has 6 nitrogen and oxygen atoms in total. The highest BCUT2D eigenvalue weighted by Crippen LogP contribution is 2.39. The van der Waals surface area contributed by atoms with Gasteiger partial charge in [-0.05, 0) is 25.0 Å². The van der Waals surface area contributed by atoms with Crippen molar-refractivity contribution < 1.29 is 13.6 Å². The molecule has 1 aromatic carbocycles. The van der Waals surface area contributed by atoms with Gasteiger partial charge in [-0.15, -0.1) is 10.2 Å². The van der Waals surface area contributed by atoms with Crippen LogP contribution in [0.3, 0.4) is 0 Å². The van der Waals surface area contributed by atoms with Crippen molar-refractivity contribution in [3.8, 4) is 0 Å². The lowest BCUT2D eigenvalue weighted by molar-refractivity contribution is -0.116. The summed E-state index contributed by atoms with van der Waals surface area (Å²) in [6.45, 7) is 0. The number of anilines is 1. The normalized spacial score (nSPS) is 14.2. The molecule has 1 N–H and O–H groups in total. The first-order chi connectivity index (χ1) is 11.6. The molecule has 1 amide bonds. The van der Waals surface area contributed by atoms with Crippen LogP contribution in [0.1, 0.15) is 36.0 Å². The topological polar surface area (TPSA) is 72.2 Å². The standard InChI is InChI=1S/C15H13F2N5OS/c16-9-2-1-3-10(17)13(9)18-11(23)6-7-12-21-22-14(8-4-5-8)19-20-15(22)24-12/h1-3,8H,4-7H2,(H,18,23). The van der Waals surface area contributed by atoms with Gasteiger partial charge in [0, 0.05) is 18.8 Å². The van der Waals surface area contributed by atoms with Crippen molar-refractivity contribution in [2.45, 2.75) is 31.6 Å². The van der Waals surface area contributed by atoms with Gasteiger partial charge in [-0.2, -0.15) is 9.61 Å². The predicted octanol–water partition coefficient (Wildman–Crippen LogP) is 2.91. The number of benzene rings is 1. The molecule has 1 aliphatic carbocycles. The van der Waals surface area contributed by atoms with Gasteiger partial charge in [-0.3, -0.25) is 4.79 Å². The fraction of sp³-hybridized carbons (Fsp3) is 0.333. The van der Waals surface area contributed by atoms with Gasteiger partial charge in [0.1, 0.15) is 22.3 Å². The van der Waals surface area contributed by atoms with Crippen LogP contribution in [0.2, 0.25) is 0 Å². The van der Waals surface area contributed by atoms with Crippen molar-refractivity contribution in [1.29, 1.82) is 0 Å². The average molecular weight is 349 g/mol. The molecule has 0 saturated heterocycles. The Labute approximate surface area is 139 Å². The van der Waals surface area contributed by atoms with Gasteiger partial charge in [0.25, 0.3) is 0 Å². The van der Waals surface area contributed by atoms with Crippen LogP contribution < -0.4 is 5.32 Å². The largest absolute Gasteiger partial charge is 0.321 e. The molecule has 0 aliphatic heterocycles. The first-order valence-corrected chi connectivity index (χ1v) is 8.38. The molecule has 1 saturated carbocycles. The number of halogens is 2. The Kier molecular flexibility index (Phi) is 3.72. The molecular formula is C15H13F2N5OS. The van der Waals surface area contributed by atoms with Crippen LogP contribution in [0, 0.1) is 11.6 Å². The molecule has 0 bridgehead atoms. The highest BCUT2D eigenvalue weighted by molar-refractivity contribution is 7.16. The minimum Gasteiger partial charge on any atom is -0.321 e. The summed E-state index contributed by atoms with van der Waals surface area (Å²) < 4.78 is 28.8. The number of carbonyl (C=O) groups excluding carboxylic acids is 1. The molecule has 1 aliphatic rings. The van der Waals surface area contributed by atoms with E-state index in [0.717, 1.165) is 35.8 Å². The molecule has 1 fully saturated rings. The number of para-hydroxylation sites is 1. The lowest BCUT2D eigenvalue weighted by atomic mass is 10.2. The van der Waals surface area contributed by atoms with E-state index in [-0.39, 0.29) is 6.42 Å². The molecule has 0 radical (unpaired) electrons. The average Bonchev–Trinajstić information content (AvgIpc) is 3.19. The second-order valence-corrected chi connectivity index (χ2v) is 6.71. The number of carbonyl (C=O) groups is 1. The number of hydrogen-bond acceptors (Lipinski definition) is 5. The van der Waals surface area contributed by atoms with Crippen LogP contribution in [0.15, 0.2) is 18.2 Å². The number of fused-ring (bicyclic) bond motifs is 1. The smallest absolute Gasteiger partial charge is 0.234 e. The van der Waals surface area contributed by atoms with Gasteiger partial charge in [0.05, 0.1) is 0 Å². The molecule has 0 unspecified atom stereocenters. The Bertz CT molecular complexity index is 898. The minimum absolute atomic E-state index is 0.0800. The Morgan fingerprint density at radius 1 is 1.29 bits per heavy atom. The summed E-state index contributed by atoms with van der Waals surface area (Å²) in [6.07, 6.45) is 2.66. The molecule has 0 atom stereocenters. The zero-order valence-corrected chi connectivity index (χ0v) is 13.3. The molecule has 2 heterocycles. The van der Waals surface area contributed by atoms with Gasteiger partial charge in [-0.1, -0.05) is 17.4 Å². The molecule has 2 aromatic heterocycles. The molecule has 0 spiro atoms. The number of aryl methyl sites for hydroxylation is 1. The summed E-state index contributed by atoms with van der Waals surface area (Å²) in [6, 6.07) is 3.44. The molecule has 24 heavy (non-hydrogen) atoms. The van der Waals surface area contributed by atoms with Crippen molar-refractivity contribution in [2.24, 2.45) is 0 Å². The van der Waals surface area contributed by atoms with Crippen LogP contribution >= 0.6 is 11.3 Å². The number of nitrogens with one attached hydrogen (secondary N) is 1. The molecule has 4 rings (SSSR count). The summed E-state index contributed by atoms with van der Waals surface area (Å²) in [5.41, 5.74) is -0.420. The van der Waals surface area contributed by atoms with Crippen molar-refractivity contribution >= 4 is 27.9 Å². The van der Waals surface area contributed by atoms with Crippen molar-refractivity contribution in [1.82, 2.24) is 19.8 Å². The lowest BCUT2D eigenvalue weighted by Crippen LogP contribution is -2.14. The first-order valence-electron chi connectivity index (χ1n) is 7.56. The van der Waals surface area contributed by atoms with Crippen LogP contribution in [-0.4, -0.2) is 25.7 Å². The van der Waals surface area contributed by atoms with E-state index in [1.165, 1.54) is 17.4 Å². The van der Waals surface area contributed by atoms with E-state index < -0.39 is 23.2 Å². The number of hydrogen-bond donors (Lipinski definition) is 1. The van der Waals surface area contributed by atoms with Crippen molar-refractivity contribution in [2.75, 3.05) is 5.32 Å². The van der Waals surface area contributed by atoms with E-state index in [4.69, 9.17) is 0 Å². The van der Waals surface area contributed by atoms with Crippen LogP contribution in [0.4, 0.5) is 14.5 Å². The Balaban J connectivity index is 1.42. The highest BCUT2D eigenvalue weighted by atomic mass is 32.1. The van der Waals surface area contributed by atoms with E-state index in [1.54, 1.807) is 4.52 Å². The lowest BCUT2D eigenvalue weighted by Gasteiger charge is -2.06. The van der Waals surface area contributed by atoms with Crippen LogP contribution in [0.25, 0.3) is 4.96 Å². The fourth-order valence-corrected chi connectivity index (χ4v) is 3.25. The Hall–Kier alpha value is -2.42. The van der Waals surface area contributed by atoms with Crippen LogP contribution in [0.5, 0.6) is 0 Å². The van der Waals surface area contributed by atoms with Gasteiger partial charge in [0.15, 0.2) is 5.82 Å². The van der Waals surface area contributed by atoms with E-state index in [2.05, 4.69) is 20.6 Å². The summed E-state index contributed by atoms with van der Waals surface area (Å²) >= 11 is 1.37. The summed E-state index contributed by atoms with van der Waals surface area (Å²) in [5, 5.41) is 15.7. The second-order valence-electron chi connectivity index (χ2n) is 5.67. The fourth-order valence-electron chi connectivity index (χ4n) is 2.41. The monoisotopic (exact) mass is 349 g/mol. The minimum atomic E-state index is -0.795. The van der Waals surface area contributed by atoms with Gasteiger partial charge >= 0.3 is 0 Å². The van der Waals surface area contributed by atoms with E-state index in [0.29, 0.717) is 17.3 Å². The van der Waals surface area contributed by atoms with Gasteiger partial charge in [0.2, 0.25) is 10.9 Å². The zero-order valence-electron chi connectivity index (χ0n) is 12.5. The third-order valence-electron chi connectivity index (χ3n) is 3.79. The molecule has 3 aromatic rings. The molecule has 124 valence electrons. The third-order valence-corrected chi connectivity index (χ3v) is 4.75. The maximum atomic E-state index is 13.5. The number of aromatic nitrogens is 4. The molecule has 9 heteroatoms. The van der Waals surface area contributed by atoms with Gasteiger partial charge in [-0.25, -0.2) is 8.78 Å². The van der Waals surface area contributed by atoms with E-state index >= 15 is 0 Å². The zero-order chi connectivity index (χ0) is 16.7. The van der Waals surface area contributed by atoms with Crippen molar-refractivity contribution in [3.05, 3.63) is 40.7 Å². The van der Waals surface area contributed by atoms with E-state index in [9.17, 15) is 13.6 Å². The van der Waals surface area contributed by atoms with Gasteiger partial charge < -0.3 is 5.32 Å².